The predicted octanol–water partition coefficient (Wildman–Crippen LogP) is 3.71. The van der Waals surface area contributed by atoms with Crippen LogP contribution in [-0.4, -0.2) is 52.3 Å². The van der Waals surface area contributed by atoms with Gasteiger partial charge in [0.05, 0.1) is 19.3 Å². The van der Waals surface area contributed by atoms with E-state index in [1.54, 1.807) is 0 Å². The summed E-state index contributed by atoms with van der Waals surface area (Å²) in [7, 11) is 1.41. The highest BCUT2D eigenvalue weighted by Gasteiger charge is 2.38. The van der Waals surface area contributed by atoms with Crippen molar-refractivity contribution >= 4 is 11.9 Å². The first-order valence-electron chi connectivity index (χ1n) is 12.0. The Balaban J connectivity index is 1.41. The molecular formula is C28H34N4O3. The van der Waals surface area contributed by atoms with Crippen molar-refractivity contribution in [3.63, 3.8) is 0 Å². The van der Waals surface area contributed by atoms with Crippen LogP contribution in [0.1, 0.15) is 50.4 Å². The van der Waals surface area contributed by atoms with Gasteiger partial charge < -0.3 is 10.1 Å². The van der Waals surface area contributed by atoms with Crippen molar-refractivity contribution in [1.29, 1.82) is 0 Å². The fraction of sp³-hybridized carbons (Fsp3) is 0.393. The Kier molecular flexibility index (Phi) is 7.36. The number of hydrogen-bond donors (Lipinski definition) is 1. The van der Waals surface area contributed by atoms with Gasteiger partial charge in [-0.05, 0) is 69.0 Å². The minimum atomic E-state index is -0.380. The number of aromatic nitrogens is 2. The monoisotopic (exact) mass is 474 g/mol. The summed E-state index contributed by atoms with van der Waals surface area (Å²) in [5.41, 5.74) is 7.37. The second kappa shape index (κ2) is 10.4. The molecule has 1 fully saturated rings. The molecule has 7 heteroatoms. The van der Waals surface area contributed by atoms with Crippen molar-refractivity contribution in [3.05, 3.63) is 87.7 Å². The van der Waals surface area contributed by atoms with Crippen LogP contribution < -0.4 is 5.32 Å². The number of esters is 1. The predicted molar refractivity (Wildman–Crippen MR) is 135 cm³/mol. The van der Waals surface area contributed by atoms with Gasteiger partial charge >= 0.3 is 5.97 Å². The first-order chi connectivity index (χ1) is 16.7. The molecular weight excluding hydrogens is 440 g/mol. The van der Waals surface area contributed by atoms with Crippen molar-refractivity contribution in [3.8, 4) is 0 Å². The fourth-order valence-electron chi connectivity index (χ4n) is 4.84. The number of aryl methyl sites for hydroxylation is 4. The van der Waals surface area contributed by atoms with Crippen molar-refractivity contribution < 1.29 is 14.3 Å². The van der Waals surface area contributed by atoms with Gasteiger partial charge in [0.1, 0.15) is 6.04 Å². The van der Waals surface area contributed by atoms with Crippen molar-refractivity contribution in [2.75, 3.05) is 13.7 Å². The van der Waals surface area contributed by atoms with E-state index in [2.05, 4.69) is 53.4 Å². The lowest BCUT2D eigenvalue weighted by atomic mass is 10.0. The molecule has 0 spiro atoms. The van der Waals surface area contributed by atoms with Crippen LogP contribution in [0.4, 0.5) is 0 Å². The first kappa shape index (κ1) is 24.7. The molecule has 7 nitrogen and oxygen atoms in total. The standard InChI is InChI=1S/C28H34N4O3/c1-18-6-9-24(19(2)12-18)16-31-17-25(14-26(31)28(34)35-5)29-27(33)23-10-7-22(8-11-23)15-32-21(4)13-20(3)30-32/h6-13,25-26H,14-17H2,1-5H3,(H,29,33)/t25-,26+/m1/s1. The van der Waals surface area contributed by atoms with E-state index in [-0.39, 0.29) is 24.0 Å². The smallest absolute Gasteiger partial charge is 0.323 e. The molecule has 184 valence electrons. The molecule has 4 rings (SSSR count). The molecule has 0 radical (unpaired) electrons. The molecule has 1 N–H and O–H groups in total. The molecule has 35 heavy (non-hydrogen) atoms. The highest BCUT2D eigenvalue weighted by molar-refractivity contribution is 5.94. The summed E-state index contributed by atoms with van der Waals surface area (Å²) in [6.07, 6.45) is 0.527. The second-order valence-corrected chi connectivity index (χ2v) is 9.59. The topological polar surface area (TPSA) is 76.5 Å². The Labute approximate surface area is 207 Å². The van der Waals surface area contributed by atoms with Crippen LogP contribution in [0.3, 0.4) is 0 Å². The number of hydrogen-bond acceptors (Lipinski definition) is 5. The van der Waals surface area contributed by atoms with Crippen molar-refractivity contribution in [1.82, 2.24) is 20.0 Å². The third kappa shape index (κ3) is 5.80. The zero-order valence-corrected chi connectivity index (χ0v) is 21.2. The quantitative estimate of drug-likeness (QED) is 0.529. The summed E-state index contributed by atoms with van der Waals surface area (Å²) in [6, 6.07) is 15.5. The van der Waals surface area contributed by atoms with Gasteiger partial charge in [0.15, 0.2) is 0 Å². The van der Waals surface area contributed by atoms with E-state index in [4.69, 9.17) is 4.74 Å². The maximum Gasteiger partial charge on any atom is 0.323 e. The molecule has 1 aliphatic rings. The van der Waals surface area contributed by atoms with Gasteiger partial charge in [0.2, 0.25) is 0 Å². The number of nitrogens with one attached hydrogen (secondary N) is 1. The number of amides is 1. The van der Waals surface area contributed by atoms with Crippen molar-refractivity contribution in [2.45, 2.75) is 59.3 Å². The van der Waals surface area contributed by atoms with E-state index in [1.807, 2.05) is 42.8 Å². The largest absolute Gasteiger partial charge is 0.468 e. The Bertz CT molecular complexity index is 1220. The van der Waals surface area contributed by atoms with Crippen LogP contribution >= 0.6 is 0 Å². The SMILES string of the molecule is COC(=O)[C@@H]1C[C@@H](NC(=O)c2ccc(Cn3nc(C)cc3C)cc2)CN1Cc1ccc(C)cc1C. The lowest BCUT2D eigenvalue weighted by Gasteiger charge is -2.23. The molecule has 2 heterocycles. The summed E-state index contributed by atoms with van der Waals surface area (Å²) in [4.78, 5) is 27.6. The Morgan fingerprint density at radius 3 is 2.40 bits per heavy atom. The average Bonchev–Trinajstić information content (AvgIpc) is 3.36. The summed E-state index contributed by atoms with van der Waals surface area (Å²) in [6.45, 7) is 10.1. The number of rotatable bonds is 7. The second-order valence-electron chi connectivity index (χ2n) is 9.59. The van der Waals surface area contributed by atoms with Gasteiger partial charge in [-0.25, -0.2) is 0 Å². The molecule has 1 amide bonds. The Morgan fingerprint density at radius 2 is 1.77 bits per heavy atom. The number of likely N-dealkylation sites (tertiary alicyclic amines) is 1. The minimum absolute atomic E-state index is 0.133. The average molecular weight is 475 g/mol. The zero-order chi connectivity index (χ0) is 25.1. The number of ether oxygens (including phenoxy) is 1. The van der Waals surface area contributed by atoms with E-state index in [0.717, 1.165) is 17.0 Å². The van der Waals surface area contributed by atoms with Gasteiger partial charge in [0, 0.05) is 30.4 Å². The van der Waals surface area contributed by atoms with E-state index in [9.17, 15) is 9.59 Å². The molecule has 1 saturated heterocycles. The molecule has 0 bridgehead atoms. The number of methoxy groups -OCH3 is 1. The van der Waals surface area contributed by atoms with Gasteiger partial charge in [-0.15, -0.1) is 0 Å². The third-order valence-corrected chi connectivity index (χ3v) is 6.74. The number of carbonyl (C=O) groups excluding carboxylic acids is 2. The van der Waals surface area contributed by atoms with E-state index in [0.29, 0.717) is 31.6 Å². The van der Waals surface area contributed by atoms with Crippen LogP contribution in [0.2, 0.25) is 0 Å². The summed E-state index contributed by atoms with van der Waals surface area (Å²) in [5, 5.41) is 7.62. The minimum Gasteiger partial charge on any atom is -0.468 e. The summed E-state index contributed by atoms with van der Waals surface area (Å²) >= 11 is 0. The molecule has 2 atom stereocenters. The maximum absolute atomic E-state index is 13.0. The van der Waals surface area contributed by atoms with Gasteiger partial charge in [-0.3, -0.25) is 19.2 Å². The molecule has 0 saturated carbocycles. The number of benzene rings is 2. The van der Waals surface area contributed by atoms with Crippen LogP contribution in [0.5, 0.6) is 0 Å². The summed E-state index contributed by atoms with van der Waals surface area (Å²) in [5.74, 6) is -0.398. The van der Waals surface area contributed by atoms with Crippen LogP contribution in [0.15, 0.2) is 48.5 Å². The lowest BCUT2D eigenvalue weighted by Crippen LogP contribution is -2.37. The third-order valence-electron chi connectivity index (χ3n) is 6.74. The van der Waals surface area contributed by atoms with E-state index in [1.165, 1.54) is 23.8 Å². The summed E-state index contributed by atoms with van der Waals surface area (Å²) < 4.78 is 7.02. The molecule has 2 aromatic carbocycles. The Morgan fingerprint density at radius 1 is 1.03 bits per heavy atom. The van der Waals surface area contributed by atoms with Gasteiger partial charge in [0.25, 0.3) is 5.91 Å². The first-order valence-corrected chi connectivity index (χ1v) is 12.0. The van der Waals surface area contributed by atoms with Crippen LogP contribution in [0, 0.1) is 27.7 Å². The van der Waals surface area contributed by atoms with Gasteiger partial charge in [-0.1, -0.05) is 35.9 Å². The molecule has 0 aliphatic carbocycles. The number of nitrogens with zero attached hydrogens (tertiary/aromatic N) is 3. The fourth-order valence-corrected chi connectivity index (χ4v) is 4.84. The normalized spacial score (nSPS) is 18.0. The molecule has 3 aromatic rings. The van der Waals surface area contributed by atoms with E-state index < -0.39 is 0 Å². The van der Waals surface area contributed by atoms with E-state index >= 15 is 0 Å². The van der Waals surface area contributed by atoms with Crippen LogP contribution in [-0.2, 0) is 22.6 Å². The highest BCUT2D eigenvalue weighted by atomic mass is 16.5. The van der Waals surface area contributed by atoms with Gasteiger partial charge in [-0.2, -0.15) is 5.10 Å². The molecule has 0 unspecified atom stereocenters. The zero-order valence-electron chi connectivity index (χ0n) is 21.2. The molecule has 1 aromatic heterocycles. The molecule has 1 aliphatic heterocycles. The maximum atomic E-state index is 13.0. The lowest BCUT2D eigenvalue weighted by molar-refractivity contribution is -0.146. The van der Waals surface area contributed by atoms with Crippen LogP contribution in [0.25, 0.3) is 0 Å². The Hall–Kier alpha value is -3.45. The van der Waals surface area contributed by atoms with Crippen molar-refractivity contribution in [2.24, 2.45) is 0 Å². The number of carbonyl (C=O) groups is 2. The highest BCUT2D eigenvalue weighted by Crippen LogP contribution is 2.24.